The molecule has 20 heavy (non-hydrogen) atoms. The normalized spacial score (nSPS) is 16.1. The number of carboxylic acids is 1. The lowest BCUT2D eigenvalue weighted by atomic mass is 10.2. The Hall–Kier alpha value is -1.73. The molecule has 1 aliphatic heterocycles. The predicted octanol–water partition coefficient (Wildman–Crippen LogP) is 0.980. The molecule has 0 spiro atoms. The minimum atomic E-state index is -1.35. The SMILES string of the molecule is O=C(O)c1cc(F)c(NCCN2CCNCC2)c(F)c1. The summed E-state index contributed by atoms with van der Waals surface area (Å²) in [5.74, 6) is -3.12. The third-order valence-corrected chi connectivity index (χ3v) is 3.23. The highest BCUT2D eigenvalue weighted by Crippen LogP contribution is 2.20. The highest BCUT2D eigenvalue weighted by atomic mass is 19.1. The number of nitrogens with one attached hydrogen (secondary N) is 2. The van der Waals surface area contributed by atoms with Crippen LogP contribution in [0, 0.1) is 11.6 Å². The van der Waals surface area contributed by atoms with Gasteiger partial charge in [0.1, 0.15) is 17.3 Å². The molecule has 0 radical (unpaired) electrons. The van der Waals surface area contributed by atoms with Gasteiger partial charge in [0.15, 0.2) is 0 Å². The third-order valence-electron chi connectivity index (χ3n) is 3.23. The summed E-state index contributed by atoms with van der Waals surface area (Å²) in [6.45, 7) is 4.72. The van der Waals surface area contributed by atoms with Crippen molar-refractivity contribution in [3.05, 3.63) is 29.3 Å². The van der Waals surface area contributed by atoms with Gasteiger partial charge in [-0.3, -0.25) is 4.90 Å². The molecule has 7 heteroatoms. The summed E-state index contributed by atoms with van der Waals surface area (Å²) >= 11 is 0. The third kappa shape index (κ3) is 3.64. The van der Waals surface area contributed by atoms with Crippen LogP contribution in [0.2, 0.25) is 0 Å². The van der Waals surface area contributed by atoms with Crippen molar-refractivity contribution >= 4 is 11.7 Å². The second-order valence-corrected chi connectivity index (χ2v) is 4.64. The van der Waals surface area contributed by atoms with Gasteiger partial charge in [-0.15, -0.1) is 0 Å². The van der Waals surface area contributed by atoms with E-state index in [4.69, 9.17) is 5.11 Å². The zero-order valence-corrected chi connectivity index (χ0v) is 11.0. The number of benzene rings is 1. The van der Waals surface area contributed by atoms with Gasteiger partial charge in [-0.2, -0.15) is 0 Å². The lowest BCUT2D eigenvalue weighted by molar-refractivity contribution is 0.0696. The highest BCUT2D eigenvalue weighted by Gasteiger charge is 2.15. The van der Waals surface area contributed by atoms with Gasteiger partial charge in [0.2, 0.25) is 0 Å². The lowest BCUT2D eigenvalue weighted by Gasteiger charge is -2.27. The fourth-order valence-corrected chi connectivity index (χ4v) is 2.14. The molecule has 0 aromatic heterocycles. The Kier molecular flexibility index (Phi) is 4.86. The van der Waals surface area contributed by atoms with Crippen molar-refractivity contribution in [2.45, 2.75) is 0 Å². The van der Waals surface area contributed by atoms with Gasteiger partial charge in [-0.1, -0.05) is 0 Å². The molecule has 0 saturated carbocycles. The Morgan fingerprint density at radius 1 is 1.30 bits per heavy atom. The first kappa shape index (κ1) is 14.7. The van der Waals surface area contributed by atoms with E-state index in [-0.39, 0.29) is 5.69 Å². The van der Waals surface area contributed by atoms with Crippen molar-refractivity contribution in [2.24, 2.45) is 0 Å². The molecular weight excluding hydrogens is 268 g/mol. The Balaban J connectivity index is 1.93. The summed E-state index contributed by atoms with van der Waals surface area (Å²) in [5, 5.41) is 14.6. The average molecular weight is 285 g/mol. The minimum absolute atomic E-state index is 0.273. The Morgan fingerprint density at radius 3 is 2.45 bits per heavy atom. The molecule has 3 N–H and O–H groups in total. The summed E-state index contributed by atoms with van der Waals surface area (Å²) in [4.78, 5) is 12.9. The predicted molar refractivity (Wildman–Crippen MR) is 71.1 cm³/mol. The van der Waals surface area contributed by atoms with Crippen molar-refractivity contribution in [1.29, 1.82) is 0 Å². The van der Waals surface area contributed by atoms with E-state index in [0.29, 0.717) is 13.1 Å². The Morgan fingerprint density at radius 2 is 1.90 bits per heavy atom. The quantitative estimate of drug-likeness (QED) is 0.752. The topological polar surface area (TPSA) is 64.6 Å². The molecule has 2 rings (SSSR count). The maximum absolute atomic E-state index is 13.6. The van der Waals surface area contributed by atoms with Gasteiger partial charge in [0.05, 0.1) is 5.56 Å². The van der Waals surface area contributed by atoms with Gasteiger partial charge >= 0.3 is 5.97 Å². The van der Waals surface area contributed by atoms with Crippen LogP contribution >= 0.6 is 0 Å². The van der Waals surface area contributed by atoms with E-state index in [1.54, 1.807) is 0 Å². The van der Waals surface area contributed by atoms with E-state index in [9.17, 15) is 13.6 Å². The maximum Gasteiger partial charge on any atom is 0.335 e. The number of nitrogens with zero attached hydrogens (tertiary/aromatic N) is 1. The van der Waals surface area contributed by atoms with E-state index in [2.05, 4.69) is 15.5 Å². The molecule has 0 atom stereocenters. The number of carboxylic acid groups (broad SMARTS) is 1. The van der Waals surface area contributed by atoms with Crippen molar-refractivity contribution < 1.29 is 18.7 Å². The number of hydrogen-bond acceptors (Lipinski definition) is 4. The molecule has 1 aromatic rings. The second-order valence-electron chi connectivity index (χ2n) is 4.64. The average Bonchev–Trinajstić information content (AvgIpc) is 2.42. The van der Waals surface area contributed by atoms with E-state index < -0.39 is 23.2 Å². The van der Waals surface area contributed by atoms with Crippen LogP contribution in [-0.4, -0.2) is 55.2 Å². The molecular formula is C13H17F2N3O2. The zero-order valence-electron chi connectivity index (χ0n) is 11.0. The van der Waals surface area contributed by atoms with Gasteiger partial charge in [-0.25, -0.2) is 13.6 Å². The number of carbonyl (C=O) groups is 1. The van der Waals surface area contributed by atoms with Crippen LogP contribution in [0.25, 0.3) is 0 Å². The molecule has 5 nitrogen and oxygen atoms in total. The van der Waals surface area contributed by atoms with Crippen molar-refractivity contribution in [3.8, 4) is 0 Å². The van der Waals surface area contributed by atoms with E-state index in [1.165, 1.54) is 0 Å². The number of halogens is 2. The maximum atomic E-state index is 13.6. The van der Waals surface area contributed by atoms with Crippen LogP contribution in [0.15, 0.2) is 12.1 Å². The summed E-state index contributed by atoms with van der Waals surface area (Å²) in [5.41, 5.74) is -0.669. The molecule has 0 bridgehead atoms. The number of piperazine rings is 1. The molecule has 1 saturated heterocycles. The van der Waals surface area contributed by atoms with Crippen LogP contribution in [0.4, 0.5) is 14.5 Å². The van der Waals surface area contributed by atoms with Gasteiger partial charge in [0.25, 0.3) is 0 Å². The summed E-state index contributed by atoms with van der Waals surface area (Å²) in [6, 6.07) is 1.64. The van der Waals surface area contributed by atoms with E-state index in [1.807, 2.05) is 0 Å². The summed E-state index contributed by atoms with van der Waals surface area (Å²) in [6.07, 6.45) is 0. The highest BCUT2D eigenvalue weighted by molar-refractivity contribution is 5.88. The smallest absolute Gasteiger partial charge is 0.335 e. The van der Waals surface area contributed by atoms with Crippen LogP contribution in [0.3, 0.4) is 0 Å². The summed E-state index contributed by atoms with van der Waals surface area (Å²) < 4.78 is 27.3. The van der Waals surface area contributed by atoms with Crippen LogP contribution < -0.4 is 10.6 Å². The largest absolute Gasteiger partial charge is 0.478 e. The molecule has 1 aliphatic rings. The molecule has 0 unspecified atom stereocenters. The first-order valence-corrected chi connectivity index (χ1v) is 6.47. The number of aromatic carboxylic acids is 1. The number of rotatable bonds is 5. The monoisotopic (exact) mass is 285 g/mol. The molecule has 1 aromatic carbocycles. The molecule has 0 aliphatic carbocycles. The number of anilines is 1. The lowest BCUT2D eigenvalue weighted by Crippen LogP contribution is -2.45. The van der Waals surface area contributed by atoms with Crippen molar-refractivity contribution in [3.63, 3.8) is 0 Å². The van der Waals surface area contributed by atoms with E-state index in [0.717, 1.165) is 38.3 Å². The van der Waals surface area contributed by atoms with Crippen LogP contribution in [0.5, 0.6) is 0 Å². The van der Waals surface area contributed by atoms with Gasteiger partial charge < -0.3 is 15.7 Å². The van der Waals surface area contributed by atoms with Crippen LogP contribution in [-0.2, 0) is 0 Å². The fraction of sp³-hybridized carbons (Fsp3) is 0.462. The molecule has 1 fully saturated rings. The van der Waals surface area contributed by atoms with Gasteiger partial charge in [-0.05, 0) is 12.1 Å². The van der Waals surface area contributed by atoms with E-state index >= 15 is 0 Å². The van der Waals surface area contributed by atoms with Crippen molar-refractivity contribution in [1.82, 2.24) is 10.2 Å². The number of hydrogen-bond donors (Lipinski definition) is 3. The molecule has 0 amide bonds. The Labute approximate surface area is 115 Å². The first-order chi connectivity index (χ1) is 9.58. The van der Waals surface area contributed by atoms with Crippen LogP contribution in [0.1, 0.15) is 10.4 Å². The standard InChI is InChI=1S/C13H17F2N3O2/c14-10-7-9(13(19)20)8-11(15)12(10)17-3-6-18-4-1-16-2-5-18/h7-8,16-17H,1-6H2,(H,19,20). The summed E-state index contributed by atoms with van der Waals surface area (Å²) in [7, 11) is 0. The molecule has 110 valence electrons. The molecule has 1 heterocycles. The second kappa shape index (κ2) is 6.62. The first-order valence-electron chi connectivity index (χ1n) is 6.47. The zero-order chi connectivity index (χ0) is 14.5. The van der Waals surface area contributed by atoms with Crippen molar-refractivity contribution in [2.75, 3.05) is 44.6 Å². The Bertz CT molecular complexity index is 467. The minimum Gasteiger partial charge on any atom is -0.478 e. The van der Waals surface area contributed by atoms with Gasteiger partial charge in [0, 0.05) is 39.3 Å². The fourth-order valence-electron chi connectivity index (χ4n) is 2.14.